The molecule has 1 heterocycles. The van der Waals surface area contributed by atoms with E-state index >= 15 is 0 Å². The molecule has 1 fully saturated rings. The lowest BCUT2D eigenvalue weighted by molar-refractivity contribution is 0.229. The summed E-state index contributed by atoms with van der Waals surface area (Å²) >= 11 is 0. The van der Waals surface area contributed by atoms with Gasteiger partial charge in [-0.05, 0) is 13.0 Å². The van der Waals surface area contributed by atoms with E-state index in [1.54, 1.807) is 20.3 Å². The molecular weight excluding hydrogens is 259 g/mol. The first-order valence-corrected chi connectivity index (χ1v) is 6.97. The van der Waals surface area contributed by atoms with Gasteiger partial charge in [-0.1, -0.05) is 0 Å². The summed E-state index contributed by atoms with van der Waals surface area (Å²) in [4.78, 5) is 2.34. The molecule has 4 nitrogen and oxygen atoms in total. The number of rotatable bonds is 5. The predicted molar refractivity (Wildman–Crippen MR) is 77.2 cm³/mol. The minimum Gasteiger partial charge on any atom is -0.496 e. The molecular formula is C15H23FN2O2. The Morgan fingerprint density at radius 2 is 1.85 bits per heavy atom. The van der Waals surface area contributed by atoms with Crippen LogP contribution in [-0.2, 0) is 6.54 Å². The summed E-state index contributed by atoms with van der Waals surface area (Å²) < 4.78 is 24.4. The second kappa shape index (κ2) is 6.90. The third kappa shape index (κ3) is 3.41. The van der Waals surface area contributed by atoms with Crippen molar-refractivity contribution in [3.63, 3.8) is 0 Å². The van der Waals surface area contributed by atoms with Gasteiger partial charge in [-0.15, -0.1) is 0 Å². The van der Waals surface area contributed by atoms with Crippen molar-refractivity contribution >= 4 is 0 Å². The maximum Gasteiger partial charge on any atom is 0.128 e. The fourth-order valence-corrected chi connectivity index (χ4v) is 2.54. The van der Waals surface area contributed by atoms with Crippen LogP contribution in [0, 0.1) is 0 Å². The van der Waals surface area contributed by atoms with Crippen molar-refractivity contribution in [2.75, 3.05) is 40.4 Å². The van der Waals surface area contributed by atoms with Crippen LogP contribution in [0.4, 0.5) is 4.39 Å². The fraction of sp³-hybridized carbons (Fsp3) is 0.600. The molecule has 1 aromatic rings. The van der Waals surface area contributed by atoms with Crippen molar-refractivity contribution < 1.29 is 13.9 Å². The SMILES string of the molecule is COc1cc(OC)c(C(C)F)cc1CN1CCNCC1. The number of nitrogens with zero attached hydrogens (tertiary/aromatic N) is 1. The molecule has 0 aliphatic carbocycles. The predicted octanol–water partition coefficient (Wildman–Crippen LogP) is 2.14. The minimum absolute atomic E-state index is 0.543. The smallest absolute Gasteiger partial charge is 0.128 e. The van der Waals surface area contributed by atoms with Crippen LogP contribution >= 0.6 is 0 Å². The molecule has 1 atom stereocenters. The molecule has 1 saturated heterocycles. The van der Waals surface area contributed by atoms with Gasteiger partial charge in [0.1, 0.15) is 17.7 Å². The highest BCUT2D eigenvalue weighted by molar-refractivity contribution is 5.47. The van der Waals surface area contributed by atoms with Gasteiger partial charge in [-0.3, -0.25) is 4.90 Å². The quantitative estimate of drug-likeness (QED) is 0.897. The van der Waals surface area contributed by atoms with Crippen molar-refractivity contribution in [3.05, 3.63) is 23.3 Å². The third-order valence-corrected chi connectivity index (χ3v) is 3.66. The third-order valence-electron chi connectivity index (χ3n) is 3.66. The van der Waals surface area contributed by atoms with E-state index in [9.17, 15) is 4.39 Å². The van der Waals surface area contributed by atoms with E-state index in [0.29, 0.717) is 11.3 Å². The summed E-state index contributed by atoms with van der Waals surface area (Å²) in [6.07, 6.45) is -1.06. The topological polar surface area (TPSA) is 33.7 Å². The maximum absolute atomic E-state index is 13.7. The van der Waals surface area contributed by atoms with Gasteiger partial charge in [0.2, 0.25) is 0 Å². The molecule has 2 rings (SSSR count). The number of ether oxygens (including phenoxy) is 2. The Hall–Kier alpha value is -1.33. The summed E-state index contributed by atoms with van der Waals surface area (Å²) in [5.74, 6) is 1.30. The number of nitrogens with one attached hydrogen (secondary N) is 1. The monoisotopic (exact) mass is 282 g/mol. The first-order valence-electron chi connectivity index (χ1n) is 6.97. The van der Waals surface area contributed by atoms with Gasteiger partial charge in [-0.2, -0.15) is 0 Å². The molecule has 112 valence electrons. The molecule has 0 amide bonds. The Morgan fingerprint density at radius 3 is 2.40 bits per heavy atom. The highest BCUT2D eigenvalue weighted by atomic mass is 19.1. The largest absolute Gasteiger partial charge is 0.496 e. The lowest BCUT2D eigenvalue weighted by atomic mass is 10.0. The zero-order chi connectivity index (χ0) is 14.5. The molecule has 0 saturated carbocycles. The molecule has 0 aromatic heterocycles. The summed E-state index contributed by atoms with van der Waals surface area (Å²) in [6.45, 7) is 6.27. The van der Waals surface area contributed by atoms with Crippen LogP contribution in [0.5, 0.6) is 11.5 Å². The van der Waals surface area contributed by atoms with Crippen molar-refractivity contribution in [1.82, 2.24) is 10.2 Å². The van der Waals surface area contributed by atoms with Crippen LogP contribution in [0.25, 0.3) is 0 Å². The highest BCUT2D eigenvalue weighted by Gasteiger charge is 2.18. The summed E-state index contributed by atoms with van der Waals surface area (Å²) in [7, 11) is 3.19. The molecule has 1 aromatic carbocycles. The van der Waals surface area contributed by atoms with Crippen molar-refractivity contribution in [2.24, 2.45) is 0 Å². The minimum atomic E-state index is -1.06. The van der Waals surface area contributed by atoms with E-state index in [2.05, 4.69) is 10.2 Å². The maximum atomic E-state index is 13.7. The normalized spacial score (nSPS) is 17.8. The van der Waals surface area contributed by atoms with Gasteiger partial charge in [-0.25, -0.2) is 4.39 Å². The molecule has 1 aliphatic heterocycles. The first kappa shape index (κ1) is 15.1. The van der Waals surface area contributed by atoms with E-state index in [0.717, 1.165) is 44.0 Å². The van der Waals surface area contributed by atoms with Crippen LogP contribution < -0.4 is 14.8 Å². The number of benzene rings is 1. The first-order chi connectivity index (χ1) is 9.65. The second-order valence-corrected chi connectivity index (χ2v) is 5.05. The Labute approximate surface area is 119 Å². The van der Waals surface area contributed by atoms with Gasteiger partial charge < -0.3 is 14.8 Å². The Balaban J connectivity index is 2.27. The summed E-state index contributed by atoms with van der Waals surface area (Å²) in [5.41, 5.74) is 1.59. The van der Waals surface area contributed by atoms with Crippen molar-refractivity contribution in [2.45, 2.75) is 19.6 Å². The number of hydrogen-bond donors (Lipinski definition) is 1. The molecule has 0 spiro atoms. The van der Waals surface area contributed by atoms with Crippen LogP contribution in [0.15, 0.2) is 12.1 Å². The van der Waals surface area contributed by atoms with Crippen LogP contribution in [0.1, 0.15) is 24.2 Å². The van der Waals surface area contributed by atoms with E-state index in [1.807, 2.05) is 6.07 Å². The molecule has 0 bridgehead atoms. The molecule has 20 heavy (non-hydrogen) atoms. The summed E-state index contributed by atoms with van der Waals surface area (Å²) in [6, 6.07) is 3.65. The van der Waals surface area contributed by atoms with Crippen LogP contribution in [0.3, 0.4) is 0 Å². The summed E-state index contributed by atoms with van der Waals surface area (Å²) in [5, 5.41) is 3.32. The lowest BCUT2D eigenvalue weighted by Crippen LogP contribution is -2.42. The molecule has 0 radical (unpaired) electrons. The fourth-order valence-electron chi connectivity index (χ4n) is 2.54. The Kier molecular flexibility index (Phi) is 5.20. The zero-order valence-corrected chi connectivity index (χ0v) is 12.4. The van der Waals surface area contributed by atoms with Crippen LogP contribution in [0.2, 0.25) is 0 Å². The van der Waals surface area contributed by atoms with Gasteiger partial charge in [0.05, 0.1) is 14.2 Å². The number of methoxy groups -OCH3 is 2. The second-order valence-electron chi connectivity index (χ2n) is 5.05. The van der Waals surface area contributed by atoms with E-state index in [1.165, 1.54) is 6.92 Å². The van der Waals surface area contributed by atoms with Crippen molar-refractivity contribution in [1.29, 1.82) is 0 Å². The molecule has 1 aliphatic rings. The lowest BCUT2D eigenvalue weighted by Gasteiger charge is -2.28. The average molecular weight is 282 g/mol. The van der Waals surface area contributed by atoms with E-state index in [4.69, 9.17) is 9.47 Å². The van der Waals surface area contributed by atoms with Gasteiger partial charge in [0.25, 0.3) is 0 Å². The molecule has 1 N–H and O–H groups in total. The van der Waals surface area contributed by atoms with Gasteiger partial charge >= 0.3 is 0 Å². The number of piperazine rings is 1. The number of alkyl halides is 1. The molecule has 1 unspecified atom stereocenters. The standard InChI is InChI=1S/C15H23FN2O2/c1-11(16)13-8-12(10-18-6-4-17-5-7-18)14(19-2)9-15(13)20-3/h8-9,11,17H,4-7,10H2,1-3H3. The van der Waals surface area contributed by atoms with E-state index in [-0.39, 0.29) is 0 Å². The Morgan fingerprint density at radius 1 is 1.20 bits per heavy atom. The number of halogens is 1. The van der Waals surface area contributed by atoms with E-state index < -0.39 is 6.17 Å². The van der Waals surface area contributed by atoms with Crippen LogP contribution in [-0.4, -0.2) is 45.3 Å². The number of hydrogen-bond acceptors (Lipinski definition) is 4. The Bertz CT molecular complexity index is 446. The average Bonchev–Trinajstić information content (AvgIpc) is 2.47. The van der Waals surface area contributed by atoms with Gasteiger partial charge in [0.15, 0.2) is 0 Å². The highest BCUT2D eigenvalue weighted by Crippen LogP contribution is 2.34. The molecule has 5 heteroatoms. The zero-order valence-electron chi connectivity index (χ0n) is 12.4. The van der Waals surface area contributed by atoms with Gasteiger partial charge in [0, 0.05) is 49.9 Å². The van der Waals surface area contributed by atoms with Crippen molar-refractivity contribution in [3.8, 4) is 11.5 Å².